The summed E-state index contributed by atoms with van der Waals surface area (Å²) in [5, 5.41) is 29.2. The molecular weight excluding hydrogens is 1060 g/mol. The third kappa shape index (κ3) is 15.6. The molecule has 0 aliphatic carbocycles. The fraction of sp³-hybridized carbons (Fsp3) is 0.519. The van der Waals surface area contributed by atoms with E-state index in [1.165, 1.54) is 24.3 Å². The number of amides is 4. The molecule has 27 heteroatoms. The zero-order valence-corrected chi connectivity index (χ0v) is 44.0. The molecule has 3 aliphatic rings. The Morgan fingerprint density at radius 1 is 0.785 bits per heavy atom. The Hall–Kier alpha value is -7.15. The van der Waals surface area contributed by atoms with Gasteiger partial charge in [0.1, 0.15) is 12.1 Å². The third-order valence-corrected chi connectivity index (χ3v) is 14.2. The van der Waals surface area contributed by atoms with E-state index in [1.54, 1.807) is 42.0 Å². The number of ether oxygens (including phenoxy) is 3. The van der Waals surface area contributed by atoms with E-state index in [0.29, 0.717) is 68.5 Å². The molecule has 2 aromatic carbocycles. The maximum absolute atomic E-state index is 14.6. The molecule has 2 bridgehead atoms. The van der Waals surface area contributed by atoms with Gasteiger partial charge in [-0.25, -0.2) is 24.6 Å². The molecule has 7 N–H and O–H groups in total. The van der Waals surface area contributed by atoms with E-state index in [2.05, 4.69) is 51.8 Å². The molecule has 3 saturated heterocycles. The topological polar surface area (TPSA) is 236 Å². The summed E-state index contributed by atoms with van der Waals surface area (Å²) in [5.41, 5.74) is -2.00. The van der Waals surface area contributed by atoms with Crippen LogP contribution in [0.3, 0.4) is 0 Å². The fourth-order valence-electron chi connectivity index (χ4n) is 9.17. The highest BCUT2D eigenvalue weighted by Crippen LogP contribution is 2.42. The first kappa shape index (κ1) is 61.1. The molecule has 0 saturated carbocycles. The monoisotopic (exact) mass is 1120 g/mol. The van der Waals surface area contributed by atoms with Gasteiger partial charge in [0, 0.05) is 62.4 Å². The molecule has 6 rings (SSSR count). The molecule has 4 heterocycles. The number of alkyl carbamates (subject to hydrolysis) is 2. The quantitative estimate of drug-likeness (QED) is 0.0240. The summed E-state index contributed by atoms with van der Waals surface area (Å²) in [6.07, 6.45) is -7.98. The average molecular weight is 1120 g/mol. The van der Waals surface area contributed by atoms with Gasteiger partial charge in [-0.2, -0.15) is 35.1 Å². The molecule has 3 aliphatic heterocycles. The molecule has 430 valence electrons. The highest BCUT2D eigenvalue weighted by molar-refractivity contribution is 6.06. The smallest absolute Gasteiger partial charge is 0.407 e. The van der Waals surface area contributed by atoms with Gasteiger partial charge in [-0.15, -0.1) is 0 Å². The number of aromatic nitrogens is 2. The number of carbonyl (C=O) groups excluding carboxylic acids is 4. The van der Waals surface area contributed by atoms with Crippen molar-refractivity contribution < 1.29 is 73.6 Å². The molecule has 3 aromatic rings. The van der Waals surface area contributed by atoms with Crippen molar-refractivity contribution in [3.63, 3.8) is 0 Å². The van der Waals surface area contributed by atoms with Gasteiger partial charge in [0.2, 0.25) is 11.9 Å². The number of hydrogen-bond acceptors (Lipinski definition) is 15. The zero-order valence-electron chi connectivity index (χ0n) is 44.0. The largest absolute Gasteiger partial charge is 0.453 e. The van der Waals surface area contributed by atoms with Gasteiger partial charge < -0.3 is 50.9 Å². The van der Waals surface area contributed by atoms with E-state index in [4.69, 9.17) is 10.1 Å². The van der Waals surface area contributed by atoms with Gasteiger partial charge in [0.15, 0.2) is 0 Å². The van der Waals surface area contributed by atoms with E-state index in [1.807, 2.05) is 10.6 Å². The van der Waals surface area contributed by atoms with E-state index < -0.39 is 91.1 Å². The second-order valence-electron chi connectivity index (χ2n) is 20.4. The van der Waals surface area contributed by atoms with Crippen molar-refractivity contribution in [3.8, 4) is 11.8 Å². The number of piperazine rings is 1. The number of hydrogen-bond donors (Lipinski definition) is 7. The minimum atomic E-state index is -5.11. The number of rotatable bonds is 21. The van der Waals surface area contributed by atoms with Crippen LogP contribution in [-0.4, -0.2) is 163 Å². The molecule has 0 spiro atoms. The lowest BCUT2D eigenvalue weighted by molar-refractivity contribution is -0.221. The SMILES string of the molecule is COC(=O)N[C@H](C(=O)N[C@@H](Cc1ccc(C#Cc2cnc(N3CC4CCC(C3)N4C3COC3)nc2)cc1)[C@@H](O)CN(Cc1ccc(C(=N)/C=C\NC(F)F)cc1)NC(=O)[C@@H](NC(=O)OC)C(C)(C)C(F)(F)F)C(C)(C)C(F)(F)F. The number of anilines is 1. The molecule has 1 aromatic heterocycles. The van der Waals surface area contributed by atoms with Crippen molar-refractivity contribution in [2.75, 3.05) is 52.0 Å². The van der Waals surface area contributed by atoms with Crippen LogP contribution < -0.4 is 31.6 Å². The van der Waals surface area contributed by atoms with Crippen molar-refractivity contribution in [1.29, 1.82) is 5.41 Å². The standard InChI is InChI=1S/C52H63F8N11O8/c1-49(2,51(55,56)57)41(66-47(75)77-5)43(73)65-39(21-31-10-7-30(8-11-31)9-12-33-22-63-46(64-23-33)69-25-35-17-18-36(26-69)71(35)37-28-79-29-37)40(72)27-70(24-32-13-15-34(16-14-32)38(61)19-20-62-45(53)54)68-44(74)42(67-48(76)78-6)50(3,4)52(58,59)60/h7-8,10-11,13-16,19-20,22-23,35-37,39-42,45,61-62,72H,17-18,21,24-29H2,1-6H3,(H,65,73)(H,66,75)(H,67,76)(H,68,74)/b20-19-,61-38?/t35?,36?,39-,40-,41+,42+/m0/s1. The number of allylic oxidation sites excluding steroid dienone is 1. The number of aliphatic hydroxyl groups is 1. The van der Waals surface area contributed by atoms with Crippen LogP contribution in [0.1, 0.15) is 68.4 Å². The van der Waals surface area contributed by atoms with E-state index in [0.717, 1.165) is 70.6 Å². The lowest BCUT2D eigenvalue weighted by atomic mass is 9.82. The lowest BCUT2D eigenvalue weighted by Gasteiger charge is -2.47. The van der Waals surface area contributed by atoms with Gasteiger partial charge in [-0.05, 0) is 81.9 Å². The number of methoxy groups -OCH3 is 2. The second-order valence-corrected chi connectivity index (χ2v) is 20.4. The van der Waals surface area contributed by atoms with Gasteiger partial charge in [0.25, 0.3) is 5.91 Å². The average Bonchev–Trinajstić information content (AvgIpc) is 3.75. The third-order valence-electron chi connectivity index (χ3n) is 14.2. The van der Waals surface area contributed by atoms with Crippen LogP contribution in [0.5, 0.6) is 0 Å². The summed E-state index contributed by atoms with van der Waals surface area (Å²) in [6, 6.07) is 6.76. The highest BCUT2D eigenvalue weighted by Gasteiger charge is 2.57. The summed E-state index contributed by atoms with van der Waals surface area (Å²) in [5.74, 6) is 3.72. The zero-order chi connectivity index (χ0) is 58.0. The Labute approximate surface area is 450 Å². The molecule has 3 fully saturated rings. The Kier molecular flexibility index (Phi) is 19.9. The van der Waals surface area contributed by atoms with E-state index >= 15 is 0 Å². The second kappa shape index (κ2) is 25.8. The van der Waals surface area contributed by atoms with Crippen molar-refractivity contribution in [2.45, 2.75) is 115 Å². The summed E-state index contributed by atoms with van der Waals surface area (Å²) in [4.78, 5) is 66.8. The van der Waals surface area contributed by atoms with Crippen LogP contribution in [0.4, 0.5) is 50.7 Å². The Bertz CT molecular complexity index is 2690. The van der Waals surface area contributed by atoms with Crippen LogP contribution >= 0.6 is 0 Å². The number of alkyl halides is 8. The van der Waals surface area contributed by atoms with Crippen LogP contribution in [-0.2, 0) is 36.8 Å². The summed E-state index contributed by atoms with van der Waals surface area (Å²) in [7, 11) is 1.71. The normalized spacial score (nSPS) is 18.6. The number of nitrogens with zero attached hydrogens (tertiary/aromatic N) is 5. The van der Waals surface area contributed by atoms with Crippen molar-refractivity contribution in [1.82, 2.24) is 46.6 Å². The maximum Gasteiger partial charge on any atom is 0.407 e. The molecule has 0 radical (unpaired) electrons. The molecule has 4 amide bonds. The lowest BCUT2D eigenvalue weighted by Crippen LogP contribution is -2.63. The Balaban J connectivity index is 1.28. The van der Waals surface area contributed by atoms with Crippen LogP contribution in [0.15, 0.2) is 73.2 Å². The van der Waals surface area contributed by atoms with Crippen molar-refractivity contribution in [2.24, 2.45) is 10.8 Å². The predicted molar refractivity (Wildman–Crippen MR) is 270 cm³/mol. The molecule has 19 nitrogen and oxygen atoms in total. The Morgan fingerprint density at radius 2 is 1.30 bits per heavy atom. The minimum absolute atomic E-state index is 0.215. The molecule has 79 heavy (non-hydrogen) atoms. The number of hydrazine groups is 1. The predicted octanol–water partition coefficient (Wildman–Crippen LogP) is 5.17. The first-order valence-corrected chi connectivity index (χ1v) is 24.9. The number of aliphatic hydroxyl groups excluding tert-OH is 1. The van der Waals surface area contributed by atoms with Crippen molar-refractivity contribution >= 4 is 35.7 Å². The van der Waals surface area contributed by atoms with Crippen LogP contribution in [0.25, 0.3) is 0 Å². The van der Waals surface area contributed by atoms with Gasteiger partial charge in [-0.1, -0.05) is 48.2 Å². The summed E-state index contributed by atoms with van der Waals surface area (Å²) in [6.45, 7) is 1.53. The number of benzene rings is 2. The maximum atomic E-state index is 14.6. The molecule has 2 unspecified atom stereocenters. The number of nitrogens with one attached hydrogen (secondary N) is 6. The molecule has 6 atom stereocenters. The summed E-state index contributed by atoms with van der Waals surface area (Å²) >= 11 is 0. The number of carbonyl (C=O) groups is 4. The summed E-state index contributed by atoms with van der Waals surface area (Å²) < 4.78 is 127. The minimum Gasteiger partial charge on any atom is -0.453 e. The van der Waals surface area contributed by atoms with Gasteiger partial charge >= 0.3 is 31.1 Å². The van der Waals surface area contributed by atoms with E-state index in [-0.39, 0.29) is 23.3 Å². The molecular formula is C52H63F8N11O8. The van der Waals surface area contributed by atoms with Crippen LogP contribution in [0, 0.1) is 28.1 Å². The Morgan fingerprint density at radius 3 is 1.80 bits per heavy atom. The van der Waals surface area contributed by atoms with Crippen LogP contribution in [0.2, 0.25) is 0 Å². The van der Waals surface area contributed by atoms with E-state index in [9.17, 15) is 59.4 Å². The fourth-order valence-corrected chi connectivity index (χ4v) is 9.17. The van der Waals surface area contributed by atoms with Gasteiger partial charge in [-0.3, -0.25) is 19.9 Å². The van der Waals surface area contributed by atoms with Gasteiger partial charge in [0.05, 0.1) is 67.7 Å². The first-order chi connectivity index (χ1) is 37.1. The highest BCUT2D eigenvalue weighted by atomic mass is 19.4. The first-order valence-electron chi connectivity index (χ1n) is 24.9. The number of halogens is 8. The number of fused-ring (bicyclic) bond motifs is 2. The van der Waals surface area contributed by atoms with Crippen molar-refractivity contribution in [3.05, 3.63) is 101 Å².